The van der Waals surface area contributed by atoms with E-state index in [2.05, 4.69) is 26.8 Å². The van der Waals surface area contributed by atoms with E-state index in [0.717, 1.165) is 50.9 Å². The van der Waals surface area contributed by atoms with E-state index in [-0.39, 0.29) is 0 Å². The Morgan fingerprint density at radius 2 is 1.78 bits per heavy atom. The molecule has 0 spiro atoms. The Hall–Kier alpha value is -0.550. The molecule has 2 unspecified atom stereocenters. The van der Waals surface area contributed by atoms with Gasteiger partial charge in [-0.3, -0.25) is 0 Å². The van der Waals surface area contributed by atoms with E-state index < -0.39 is 11.0 Å². The van der Waals surface area contributed by atoms with Crippen molar-refractivity contribution < 1.29 is 5.11 Å². The van der Waals surface area contributed by atoms with Crippen LogP contribution in [0.4, 0.5) is 0 Å². The summed E-state index contributed by atoms with van der Waals surface area (Å²) in [4.78, 5) is 0. The van der Waals surface area contributed by atoms with E-state index in [0.29, 0.717) is 11.8 Å². The molecule has 0 saturated heterocycles. The Bertz CT molecular complexity index is 335. The van der Waals surface area contributed by atoms with Crippen LogP contribution in [0, 0.1) is 34.5 Å². The van der Waals surface area contributed by atoms with Crippen LogP contribution in [0.1, 0.15) is 65.7 Å². The van der Waals surface area contributed by atoms with Crippen LogP contribution in [0.3, 0.4) is 0 Å². The van der Waals surface area contributed by atoms with Gasteiger partial charge in [-0.15, -0.1) is 0 Å². The van der Waals surface area contributed by atoms with Crippen LogP contribution >= 0.6 is 0 Å². The third-order valence-corrected chi connectivity index (χ3v) is 5.67. The summed E-state index contributed by atoms with van der Waals surface area (Å²) < 4.78 is 0. The summed E-state index contributed by atoms with van der Waals surface area (Å²) >= 11 is 0. The Kier molecular flexibility index (Phi) is 3.74. The lowest BCUT2D eigenvalue weighted by Crippen LogP contribution is -2.49. The monoisotopic (exact) mass is 249 g/mol. The Balaban J connectivity index is 2.11. The molecular weight excluding hydrogens is 222 g/mol. The van der Waals surface area contributed by atoms with Gasteiger partial charge < -0.3 is 5.11 Å². The van der Waals surface area contributed by atoms with Gasteiger partial charge in [0.15, 0.2) is 0 Å². The lowest BCUT2D eigenvalue weighted by atomic mass is 9.61. The minimum atomic E-state index is -0.710. The zero-order valence-electron chi connectivity index (χ0n) is 12.1. The second-order valence-corrected chi connectivity index (χ2v) is 7.15. The van der Waals surface area contributed by atoms with Crippen molar-refractivity contribution in [1.82, 2.24) is 0 Å². The van der Waals surface area contributed by atoms with E-state index >= 15 is 0 Å². The van der Waals surface area contributed by atoms with Crippen molar-refractivity contribution in [3.8, 4) is 6.07 Å². The van der Waals surface area contributed by atoms with Crippen LogP contribution in [-0.4, -0.2) is 10.7 Å². The SMILES string of the molecule is CC1CCC(C#N)(C2(O)CCC(C(C)C)CC2)C1. The largest absolute Gasteiger partial charge is 0.388 e. The van der Waals surface area contributed by atoms with Gasteiger partial charge in [-0.05, 0) is 62.7 Å². The number of hydrogen-bond acceptors (Lipinski definition) is 2. The van der Waals surface area contributed by atoms with E-state index in [9.17, 15) is 10.4 Å². The maximum atomic E-state index is 11.0. The van der Waals surface area contributed by atoms with Crippen LogP contribution < -0.4 is 0 Å². The Morgan fingerprint density at radius 1 is 1.17 bits per heavy atom. The summed E-state index contributed by atoms with van der Waals surface area (Å²) in [5.74, 6) is 2.03. The lowest BCUT2D eigenvalue weighted by molar-refractivity contribution is -0.0932. The molecule has 2 atom stereocenters. The van der Waals surface area contributed by atoms with Crippen LogP contribution in [0.15, 0.2) is 0 Å². The molecule has 102 valence electrons. The van der Waals surface area contributed by atoms with Crippen molar-refractivity contribution in [2.24, 2.45) is 23.2 Å². The molecule has 2 rings (SSSR count). The van der Waals surface area contributed by atoms with E-state index in [4.69, 9.17) is 0 Å². The lowest BCUT2D eigenvalue weighted by Gasteiger charge is -2.46. The van der Waals surface area contributed by atoms with Gasteiger partial charge in [0.25, 0.3) is 0 Å². The highest BCUT2D eigenvalue weighted by atomic mass is 16.3. The number of rotatable bonds is 2. The molecule has 2 aliphatic carbocycles. The van der Waals surface area contributed by atoms with Gasteiger partial charge in [0.05, 0.1) is 17.1 Å². The predicted octanol–water partition coefficient (Wildman–Crippen LogP) is 3.89. The number of hydrogen-bond donors (Lipinski definition) is 1. The Morgan fingerprint density at radius 3 is 2.17 bits per heavy atom. The smallest absolute Gasteiger partial charge is 0.0862 e. The first-order valence-corrected chi connectivity index (χ1v) is 7.56. The molecule has 0 aromatic rings. The topological polar surface area (TPSA) is 44.0 Å². The quantitative estimate of drug-likeness (QED) is 0.806. The van der Waals surface area contributed by atoms with Crippen molar-refractivity contribution in [2.45, 2.75) is 71.3 Å². The summed E-state index contributed by atoms with van der Waals surface area (Å²) in [7, 11) is 0. The van der Waals surface area contributed by atoms with Crippen molar-refractivity contribution in [3.63, 3.8) is 0 Å². The van der Waals surface area contributed by atoms with Crippen molar-refractivity contribution in [2.75, 3.05) is 0 Å². The molecule has 0 aliphatic heterocycles. The molecule has 0 radical (unpaired) electrons. The molecule has 2 nitrogen and oxygen atoms in total. The zero-order valence-corrected chi connectivity index (χ0v) is 12.1. The highest BCUT2D eigenvalue weighted by Gasteiger charge is 2.54. The van der Waals surface area contributed by atoms with Crippen LogP contribution in [0.5, 0.6) is 0 Å². The zero-order chi connectivity index (χ0) is 13.4. The molecule has 2 saturated carbocycles. The average Bonchev–Trinajstić information content (AvgIpc) is 2.73. The first-order valence-electron chi connectivity index (χ1n) is 7.56. The molecular formula is C16H27NO. The third-order valence-electron chi connectivity index (χ3n) is 5.67. The minimum Gasteiger partial charge on any atom is -0.388 e. The third kappa shape index (κ3) is 2.18. The fourth-order valence-corrected chi connectivity index (χ4v) is 4.18. The molecule has 0 bridgehead atoms. The Labute approximate surface area is 111 Å². The first kappa shape index (κ1) is 13.9. The average molecular weight is 249 g/mol. The summed E-state index contributed by atoms with van der Waals surface area (Å²) in [5.41, 5.74) is -1.16. The number of nitrogens with zero attached hydrogens (tertiary/aromatic N) is 1. The van der Waals surface area contributed by atoms with Gasteiger partial charge in [-0.2, -0.15) is 5.26 Å². The molecule has 18 heavy (non-hydrogen) atoms. The molecule has 2 heteroatoms. The maximum absolute atomic E-state index is 11.0. The van der Waals surface area contributed by atoms with Gasteiger partial charge in [-0.25, -0.2) is 0 Å². The van der Waals surface area contributed by atoms with Gasteiger partial charge in [-0.1, -0.05) is 20.8 Å². The van der Waals surface area contributed by atoms with Crippen molar-refractivity contribution in [1.29, 1.82) is 5.26 Å². The molecule has 0 aromatic heterocycles. The van der Waals surface area contributed by atoms with Crippen LogP contribution in [-0.2, 0) is 0 Å². The van der Waals surface area contributed by atoms with Gasteiger partial charge in [0.1, 0.15) is 0 Å². The van der Waals surface area contributed by atoms with Crippen LogP contribution in [0.2, 0.25) is 0 Å². The summed E-state index contributed by atoms with van der Waals surface area (Å²) in [6, 6.07) is 2.51. The summed E-state index contributed by atoms with van der Waals surface area (Å²) in [6.45, 7) is 6.75. The van der Waals surface area contributed by atoms with Crippen molar-refractivity contribution in [3.05, 3.63) is 0 Å². The first-order chi connectivity index (χ1) is 8.42. The van der Waals surface area contributed by atoms with Crippen LogP contribution in [0.25, 0.3) is 0 Å². The summed E-state index contributed by atoms with van der Waals surface area (Å²) in [6.07, 6.45) is 6.73. The highest BCUT2D eigenvalue weighted by Crippen LogP contribution is 2.54. The van der Waals surface area contributed by atoms with E-state index in [1.807, 2.05) is 0 Å². The molecule has 2 fully saturated rings. The molecule has 0 aromatic carbocycles. The number of nitriles is 1. The summed E-state index contributed by atoms with van der Waals surface area (Å²) in [5, 5.41) is 20.6. The fraction of sp³-hybridized carbons (Fsp3) is 0.938. The van der Waals surface area contributed by atoms with E-state index in [1.54, 1.807) is 0 Å². The second-order valence-electron chi connectivity index (χ2n) is 7.15. The molecule has 0 amide bonds. The number of aliphatic hydroxyl groups is 1. The normalized spacial score (nSPS) is 45.1. The molecule has 2 aliphatic rings. The van der Waals surface area contributed by atoms with E-state index in [1.165, 1.54) is 0 Å². The second kappa shape index (κ2) is 4.85. The van der Waals surface area contributed by atoms with Gasteiger partial charge in [0.2, 0.25) is 0 Å². The maximum Gasteiger partial charge on any atom is 0.0862 e. The highest BCUT2D eigenvalue weighted by molar-refractivity contribution is 5.15. The van der Waals surface area contributed by atoms with Gasteiger partial charge >= 0.3 is 0 Å². The van der Waals surface area contributed by atoms with Crippen molar-refractivity contribution >= 4 is 0 Å². The predicted molar refractivity (Wildman–Crippen MR) is 72.8 cm³/mol. The molecule has 0 heterocycles. The molecule has 1 N–H and O–H groups in total. The fourth-order valence-electron chi connectivity index (χ4n) is 4.18. The van der Waals surface area contributed by atoms with Gasteiger partial charge in [0, 0.05) is 0 Å². The standard InChI is InChI=1S/C16H27NO/c1-12(2)14-5-8-16(18,9-6-14)15(11-17)7-4-13(3)10-15/h12-14,18H,4-10H2,1-3H3. The minimum absolute atomic E-state index is 0.450.